The molecule has 13 atom stereocenters. The van der Waals surface area contributed by atoms with Gasteiger partial charge in [-0.05, 0) is 98.5 Å². The van der Waals surface area contributed by atoms with E-state index in [1.807, 2.05) is 70.2 Å². The molecule has 2 aromatic rings. The number of aliphatic hydroxyl groups excluding tert-OH is 1. The van der Waals surface area contributed by atoms with Crippen molar-refractivity contribution in [3.63, 3.8) is 0 Å². The van der Waals surface area contributed by atoms with Crippen molar-refractivity contribution in [2.24, 2.45) is 17.8 Å². The Morgan fingerprint density at radius 1 is 1.15 bits per heavy atom. The third-order valence-corrected chi connectivity index (χ3v) is 13.5. The van der Waals surface area contributed by atoms with Crippen LogP contribution in [0.3, 0.4) is 0 Å². The third kappa shape index (κ3) is 12.3. The predicted molar refractivity (Wildman–Crippen MR) is 246 cm³/mol. The number of nitrogens with zero attached hydrogens (tertiary/aromatic N) is 5. The van der Waals surface area contributed by atoms with E-state index in [4.69, 9.17) is 34.2 Å². The number of carbonyl (C=O) groups is 4. The van der Waals surface area contributed by atoms with E-state index in [0.29, 0.717) is 63.1 Å². The van der Waals surface area contributed by atoms with Crippen molar-refractivity contribution < 1.29 is 52.7 Å². The van der Waals surface area contributed by atoms with Crippen LogP contribution in [0, 0.1) is 17.8 Å². The second-order valence-corrected chi connectivity index (χ2v) is 18.9. The van der Waals surface area contributed by atoms with Gasteiger partial charge in [-0.25, -0.2) is 9.59 Å². The molecule has 0 saturated carbocycles. The van der Waals surface area contributed by atoms with Crippen molar-refractivity contribution in [2.45, 2.75) is 147 Å². The summed E-state index contributed by atoms with van der Waals surface area (Å²) in [5.41, 5.74) is 5.76. The molecule has 66 heavy (non-hydrogen) atoms. The Kier molecular flexibility index (Phi) is 18.1. The number of aromatic nitrogens is 3. The molecule has 19 heteroatoms. The molecule has 3 fully saturated rings. The minimum atomic E-state index is -1.28. The van der Waals surface area contributed by atoms with Crippen LogP contribution >= 0.6 is 0 Å². The van der Waals surface area contributed by atoms with Gasteiger partial charge >= 0.3 is 18.2 Å². The summed E-state index contributed by atoms with van der Waals surface area (Å²) in [6.45, 7) is 17.8. The molecule has 1 aromatic heterocycles. The number of fused-ring (bicyclic) bond motifs is 1. The molecule has 1 aromatic carbocycles. The number of hydrogen-bond acceptors (Lipinski definition) is 16. The van der Waals surface area contributed by atoms with Crippen LogP contribution < -0.4 is 16.4 Å². The Morgan fingerprint density at radius 2 is 1.88 bits per heavy atom. The lowest BCUT2D eigenvalue weighted by Gasteiger charge is -2.47. The van der Waals surface area contributed by atoms with Crippen LogP contribution in [0.4, 0.5) is 15.3 Å². The van der Waals surface area contributed by atoms with Gasteiger partial charge in [0.1, 0.15) is 30.4 Å². The van der Waals surface area contributed by atoms with E-state index in [2.05, 4.69) is 34.4 Å². The van der Waals surface area contributed by atoms with Gasteiger partial charge in [-0.2, -0.15) is 0 Å². The highest BCUT2D eigenvalue weighted by Gasteiger charge is 2.59. The smallest absolute Gasteiger partial charge is 0.410 e. The maximum atomic E-state index is 14.6. The molecule has 0 bridgehead atoms. The number of hydrogen-bond donors (Lipinski definition) is 4. The fourth-order valence-electron chi connectivity index (χ4n) is 9.86. The van der Waals surface area contributed by atoms with Gasteiger partial charge in [-0.1, -0.05) is 50.8 Å². The number of carbonyl (C=O) groups excluding carboxylic acids is 4. The number of nitrogens with two attached hydrogens (primary N) is 1. The summed E-state index contributed by atoms with van der Waals surface area (Å²) in [6.07, 6.45) is -0.383. The minimum absolute atomic E-state index is 0.0375. The Hall–Kier alpha value is -4.66. The highest BCUT2D eigenvalue weighted by molar-refractivity contribution is 6.00. The minimum Gasteiger partial charge on any atom is -0.458 e. The average molecular weight is 927 g/mol. The third-order valence-electron chi connectivity index (χ3n) is 13.5. The summed E-state index contributed by atoms with van der Waals surface area (Å²) in [5.74, 6) is -3.54. The maximum absolute atomic E-state index is 14.6. The number of nitrogens with one attached hydrogen (secondary N) is 2. The quantitative estimate of drug-likeness (QED) is 0.0490. The lowest BCUT2D eigenvalue weighted by molar-refractivity contribution is -0.296. The highest BCUT2D eigenvalue weighted by atomic mass is 16.7. The number of cyclic esters (lactones) is 1. The fourth-order valence-corrected chi connectivity index (χ4v) is 9.86. The van der Waals surface area contributed by atoms with E-state index in [9.17, 15) is 24.3 Å². The second kappa shape index (κ2) is 22.9. The SMILES string of the molecule is C=CCOC(=O)NC[C@@H]1CC(N(C)C)[C@@H](O)[C@H](O[C@@H]2[C@@H](C)C(=O)[C@@H](C)C(=O)O[C@H](CC)[C@@]3(C)OC(=O)N(CCCCn4cc(-c5cccc(N)c5)nn4)[C@@H]3[C@@H](C)NC[C@H](C)C[C@@]2(C)OC)O1. The van der Waals surface area contributed by atoms with Crippen LogP contribution in [0.15, 0.2) is 43.1 Å². The molecule has 2 amide bonds. The Balaban J connectivity index is 1.37. The topological polar surface area (TPSA) is 231 Å². The lowest BCUT2D eigenvalue weighted by Crippen LogP contribution is -2.61. The number of unbranched alkanes of at least 4 members (excludes halogenated alkanes) is 1. The number of benzene rings is 1. The van der Waals surface area contributed by atoms with Crippen molar-refractivity contribution in [3.8, 4) is 11.3 Å². The van der Waals surface area contributed by atoms with Crippen LogP contribution in [0.25, 0.3) is 11.3 Å². The number of rotatable bonds is 15. The van der Waals surface area contributed by atoms with Crippen molar-refractivity contribution in [3.05, 3.63) is 43.1 Å². The molecule has 5 N–H and O–H groups in total. The summed E-state index contributed by atoms with van der Waals surface area (Å²) in [7, 11) is 5.20. The summed E-state index contributed by atoms with van der Waals surface area (Å²) >= 11 is 0. The first-order chi connectivity index (χ1) is 31.3. The van der Waals surface area contributed by atoms with Gasteiger partial charge < -0.3 is 54.8 Å². The Labute approximate surface area is 389 Å². The summed E-state index contributed by atoms with van der Waals surface area (Å²) in [4.78, 5) is 58.5. The van der Waals surface area contributed by atoms with Gasteiger partial charge in [0.25, 0.3) is 0 Å². The number of alkyl carbamates (subject to hydrolysis) is 1. The Morgan fingerprint density at radius 3 is 2.55 bits per heavy atom. The number of aryl methyl sites for hydroxylation is 1. The van der Waals surface area contributed by atoms with Crippen molar-refractivity contribution >= 4 is 29.6 Å². The molecular formula is C47H74N8O11. The van der Waals surface area contributed by atoms with E-state index in [1.54, 1.807) is 30.5 Å². The van der Waals surface area contributed by atoms with Gasteiger partial charge in [0.2, 0.25) is 0 Å². The van der Waals surface area contributed by atoms with E-state index in [1.165, 1.54) is 13.0 Å². The molecule has 4 heterocycles. The van der Waals surface area contributed by atoms with E-state index >= 15 is 0 Å². The Bertz CT molecular complexity index is 1970. The fraction of sp³-hybridized carbons (Fsp3) is 0.702. The zero-order valence-electron chi connectivity index (χ0n) is 40.4. The van der Waals surface area contributed by atoms with Crippen LogP contribution in [-0.4, -0.2) is 161 Å². The van der Waals surface area contributed by atoms with E-state index in [-0.39, 0.29) is 25.1 Å². The molecule has 3 aliphatic heterocycles. The summed E-state index contributed by atoms with van der Waals surface area (Å²) in [5, 5.41) is 26.7. The highest BCUT2D eigenvalue weighted by Crippen LogP contribution is 2.40. The molecule has 3 aliphatic rings. The number of ketones is 1. The van der Waals surface area contributed by atoms with Gasteiger partial charge in [-0.3, -0.25) is 19.2 Å². The predicted octanol–water partition coefficient (Wildman–Crippen LogP) is 4.18. The first-order valence-electron chi connectivity index (χ1n) is 23.2. The first-order valence-corrected chi connectivity index (χ1v) is 23.2. The van der Waals surface area contributed by atoms with Crippen LogP contribution in [0.5, 0.6) is 0 Å². The van der Waals surface area contributed by atoms with Gasteiger partial charge in [0.15, 0.2) is 17.7 Å². The molecule has 0 radical (unpaired) electrons. The summed E-state index contributed by atoms with van der Waals surface area (Å²) < 4.78 is 38.7. The van der Waals surface area contributed by atoms with Crippen LogP contribution in [-0.2, 0) is 44.6 Å². The number of aliphatic hydroxyl groups is 1. The maximum Gasteiger partial charge on any atom is 0.410 e. The zero-order chi connectivity index (χ0) is 48.5. The van der Waals surface area contributed by atoms with Crippen LogP contribution in [0.1, 0.15) is 80.6 Å². The molecular weight excluding hydrogens is 853 g/mol. The molecule has 19 nitrogen and oxygen atoms in total. The average Bonchev–Trinajstić information content (AvgIpc) is 3.87. The van der Waals surface area contributed by atoms with Gasteiger partial charge in [0, 0.05) is 56.0 Å². The van der Waals surface area contributed by atoms with Crippen molar-refractivity contribution in [2.75, 3.05) is 53.2 Å². The number of esters is 1. The second-order valence-electron chi connectivity index (χ2n) is 18.9. The van der Waals surface area contributed by atoms with Crippen molar-refractivity contribution in [1.82, 2.24) is 35.4 Å². The van der Waals surface area contributed by atoms with Gasteiger partial charge in [0.05, 0.1) is 30.0 Å². The first kappa shape index (κ1) is 52.3. The van der Waals surface area contributed by atoms with E-state index < -0.39 is 89.8 Å². The van der Waals surface area contributed by atoms with E-state index in [0.717, 1.165) is 5.56 Å². The molecule has 0 spiro atoms. The molecule has 1 unspecified atom stereocenters. The molecule has 5 rings (SSSR count). The normalized spacial score (nSPS) is 33.6. The number of ether oxygens (including phenoxy) is 6. The molecule has 368 valence electrons. The van der Waals surface area contributed by atoms with Gasteiger partial charge in [-0.15, -0.1) is 5.10 Å². The largest absolute Gasteiger partial charge is 0.458 e. The molecule has 3 saturated heterocycles. The molecule has 0 aliphatic carbocycles. The number of anilines is 1. The number of Topliss-reactive ketones (excluding diaryl/α,β-unsaturated/α-hetero) is 1. The number of methoxy groups -OCH3 is 1. The number of likely N-dealkylation sites (N-methyl/N-ethyl adjacent to an activating group) is 1. The number of amides is 2. The monoisotopic (exact) mass is 927 g/mol. The lowest BCUT2D eigenvalue weighted by atomic mass is 9.78. The number of nitrogen functional groups attached to an aromatic ring is 1. The zero-order valence-corrected chi connectivity index (χ0v) is 40.4. The van der Waals surface area contributed by atoms with Crippen molar-refractivity contribution in [1.29, 1.82) is 0 Å². The summed E-state index contributed by atoms with van der Waals surface area (Å²) in [6, 6.07) is 6.12. The van der Waals surface area contributed by atoms with Crippen LogP contribution in [0.2, 0.25) is 0 Å². The standard InChI is InChI=1S/C47H74N8O11/c1-12-21-62-44(59)50-26-34-23-36(53(9)10)39(57)43(63-34)65-41-29(4)38(56)30(5)42(58)64-37(13-2)47(8)40(31(6)49-25-28(3)24-46(41,7)61-11)55(45(60)66-47)20-15-14-19-54-27-35(51-52-54)32-17-16-18-33(48)22-32/h12,16-18,22,27-31,34,36-37,39-41,43,49,57H,1,13-15,19-21,23-26,48H2,2-11H3,(H,50,59)/t28-,29+,30-,31-,34+,36?,37-,39-,40-,41-,43+,46-,47-/m1/s1.